The highest BCUT2D eigenvalue weighted by Gasteiger charge is 2.17. The number of nitrogens with one attached hydrogen (secondary N) is 1. The lowest BCUT2D eigenvalue weighted by Gasteiger charge is -2.09. The Balaban J connectivity index is 1.66. The van der Waals surface area contributed by atoms with E-state index in [2.05, 4.69) is 30.6 Å². The molecule has 0 spiro atoms. The fourth-order valence-corrected chi connectivity index (χ4v) is 4.40. The third kappa shape index (κ3) is 5.22. The summed E-state index contributed by atoms with van der Waals surface area (Å²) < 4.78 is 7.10. The number of fused-ring (bicyclic) bond motifs is 1. The number of amides is 1. The minimum atomic E-state index is -0.315. The topological polar surface area (TPSA) is 124 Å². The van der Waals surface area contributed by atoms with E-state index in [4.69, 9.17) is 4.74 Å². The Morgan fingerprint density at radius 1 is 1.24 bits per heavy atom. The Hall–Kier alpha value is -2.25. The van der Waals surface area contributed by atoms with Gasteiger partial charge in [0.2, 0.25) is 16.2 Å². The highest BCUT2D eigenvalue weighted by molar-refractivity contribution is 8.01. The summed E-state index contributed by atoms with van der Waals surface area (Å²) in [5.74, 6) is 0.114. The number of aromatic nitrogens is 6. The molecular weight excluding hydrogens is 434 g/mol. The summed E-state index contributed by atoms with van der Waals surface area (Å²) in [6.07, 6.45) is 2.02. The van der Waals surface area contributed by atoms with Crippen LogP contribution in [-0.4, -0.2) is 60.3 Å². The van der Waals surface area contributed by atoms with E-state index >= 15 is 0 Å². The molecule has 0 saturated heterocycles. The summed E-state index contributed by atoms with van der Waals surface area (Å²) in [5.41, 5.74) is 2.33. The number of esters is 1. The van der Waals surface area contributed by atoms with E-state index in [1.165, 1.54) is 34.9 Å². The van der Waals surface area contributed by atoms with Crippen molar-refractivity contribution in [2.75, 3.05) is 23.9 Å². The molecule has 1 amide bonds. The molecule has 3 aromatic rings. The minimum Gasteiger partial charge on any atom is -0.465 e. The van der Waals surface area contributed by atoms with Gasteiger partial charge in [0.25, 0.3) is 5.78 Å². The van der Waals surface area contributed by atoms with Gasteiger partial charge in [0.1, 0.15) is 0 Å². The monoisotopic (exact) mass is 453 g/mol. The van der Waals surface area contributed by atoms with Crippen LogP contribution >= 0.6 is 34.9 Å². The van der Waals surface area contributed by atoms with Crippen LogP contribution in [-0.2, 0) is 20.7 Å². The molecule has 1 N–H and O–H groups in total. The fraction of sp³-hybridized carbons (Fsp3) is 0.438. The Kier molecular flexibility index (Phi) is 7.03. The molecule has 0 aliphatic carbocycles. The maximum absolute atomic E-state index is 12.5. The van der Waals surface area contributed by atoms with Crippen LogP contribution in [0.3, 0.4) is 0 Å². The normalized spacial score (nSPS) is 11.0. The second-order valence-corrected chi connectivity index (χ2v) is 8.74. The maximum Gasteiger partial charge on any atom is 0.316 e. The number of nitrogens with zero attached hydrogens (tertiary/aromatic N) is 6. The minimum absolute atomic E-state index is 0.125. The Morgan fingerprint density at radius 3 is 2.76 bits per heavy atom. The number of thioether (sulfide) groups is 2. The van der Waals surface area contributed by atoms with Crippen molar-refractivity contribution >= 4 is 57.6 Å². The number of rotatable bonds is 8. The summed E-state index contributed by atoms with van der Waals surface area (Å²) in [5, 5.41) is 16.0. The lowest BCUT2D eigenvalue weighted by molar-refractivity contribution is -0.139. The second kappa shape index (κ2) is 9.50. The quantitative estimate of drug-likeness (QED) is 0.308. The van der Waals surface area contributed by atoms with Crippen LogP contribution in [0.5, 0.6) is 0 Å². The van der Waals surface area contributed by atoms with Gasteiger partial charge in [0, 0.05) is 17.0 Å². The third-order valence-corrected chi connectivity index (χ3v) is 6.30. The predicted molar refractivity (Wildman–Crippen MR) is 112 cm³/mol. The first kappa shape index (κ1) is 21.5. The van der Waals surface area contributed by atoms with E-state index in [1.807, 2.05) is 20.1 Å². The molecule has 0 bridgehead atoms. The highest BCUT2D eigenvalue weighted by Crippen LogP contribution is 2.26. The van der Waals surface area contributed by atoms with Crippen LogP contribution in [0.1, 0.15) is 23.9 Å². The van der Waals surface area contributed by atoms with Crippen molar-refractivity contribution in [1.29, 1.82) is 0 Å². The van der Waals surface area contributed by atoms with Crippen LogP contribution in [0, 0.1) is 13.8 Å². The number of carbonyl (C=O) groups is 2. The van der Waals surface area contributed by atoms with Crippen molar-refractivity contribution in [3.63, 3.8) is 0 Å². The van der Waals surface area contributed by atoms with E-state index in [1.54, 1.807) is 11.4 Å². The van der Waals surface area contributed by atoms with Crippen molar-refractivity contribution in [2.45, 2.75) is 36.7 Å². The predicted octanol–water partition coefficient (Wildman–Crippen LogP) is 2.15. The Bertz CT molecular complexity index is 1050. The summed E-state index contributed by atoms with van der Waals surface area (Å²) in [4.78, 5) is 32.7. The van der Waals surface area contributed by atoms with E-state index in [-0.39, 0.29) is 24.1 Å². The van der Waals surface area contributed by atoms with Crippen molar-refractivity contribution in [1.82, 2.24) is 29.8 Å². The number of ether oxygens (including phenoxy) is 1. The zero-order chi connectivity index (χ0) is 21.0. The number of hydrogen-bond acceptors (Lipinski definition) is 11. The SMILES string of the molecule is CCOC(=O)CSc1nnc(NC(=O)Cc2c(C)nc3nc(SC)nn3c2C)s1. The van der Waals surface area contributed by atoms with Crippen LogP contribution in [0.4, 0.5) is 5.13 Å². The standard InChI is InChI=1S/C16H19N7O3S3/c1-5-26-12(25)7-28-16-21-20-14(29-16)18-11(24)6-10-8(2)17-13-19-15(27-4)22-23(13)9(10)3/h5-7H2,1-4H3,(H,18,20,24). The molecule has 3 aromatic heterocycles. The van der Waals surface area contributed by atoms with Crippen LogP contribution in [0.25, 0.3) is 5.78 Å². The molecular formula is C16H19N7O3S3. The molecule has 3 rings (SSSR count). The molecule has 3 heterocycles. The maximum atomic E-state index is 12.5. The van der Waals surface area contributed by atoms with Crippen LogP contribution in [0.2, 0.25) is 0 Å². The molecule has 0 saturated carbocycles. The van der Waals surface area contributed by atoms with Gasteiger partial charge in [-0.05, 0) is 27.0 Å². The first-order valence-corrected chi connectivity index (χ1v) is 11.6. The summed E-state index contributed by atoms with van der Waals surface area (Å²) in [6.45, 7) is 5.82. The number of anilines is 1. The lowest BCUT2D eigenvalue weighted by Crippen LogP contribution is -2.17. The zero-order valence-corrected chi connectivity index (χ0v) is 18.7. The zero-order valence-electron chi connectivity index (χ0n) is 16.3. The molecule has 0 fully saturated rings. The largest absolute Gasteiger partial charge is 0.465 e. The molecule has 29 heavy (non-hydrogen) atoms. The molecule has 0 aromatic carbocycles. The lowest BCUT2D eigenvalue weighted by atomic mass is 10.1. The molecule has 0 unspecified atom stereocenters. The van der Waals surface area contributed by atoms with Gasteiger partial charge in [-0.15, -0.1) is 15.3 Å². The van der Waals surface area contributed by atoms with Gasteiger partial charge < -0.3 is 10.1 Å². The van der Waals surface area contributed by atoms with Crippen molar-refractivity contribution in [3.8, 4) is 0 Å². The van der Waals surface area contributed by atoms with Crippen molar-refractivity contribution in [3.05, 3.63) is 17.0 Å². The summed E-state index contributed by atoms with van der Waals surface area (Å²) >= 11 is 3.86. The Labute approximate surface area is 179 Å². The molecule has 13 heteroatoms. The van der Waals surface area contributed by atoms with E-state index in [0.717, 1.165) is 17.0 Å². The number of aryl methyl sites for hydroxylation is 2. The first-order chi connectivity index (χ1) is 13.9. The Morgan fingerprint density at radius 2 is 2.03 bits per heavy atom. The average molecular weight is 454 g/mol. The van der Waals surface area contributed by atoms with E-state index in [9.17, 15) is 9.59 Å². The van der Waals surface area contributed by atoms with Gasteiger partial charge in [0.15, 0.2) is 4.34 Å². The summed E-state index contributed by atoms with van der Waals surface area (Å²) in [6, 6.07) is 0. The second-order valence-electron chi connectivity index (χ2n) is 5.76. The van der Waals surface area contributed by atoms with Crippen molar-refractivity contribution in [2.24, 2.45) is 0 Å². The van der Waals surface area contributed by atoms with Gasteiger partial charge in [-0.3, -0.25) is 9.59 Å². The highest BCUT2D eigenvalue weighted by atomic mass is 32.2. The van der Waals surface area contributed by atoms with Crippen molar-refractivity contribution < 1.29 is 14.3 Å². The van der Waals surface area contributed by atoms with Gasteiger partial charge in [-0.2, -0.15) is 4.98 Å². The molecule has 0 aliphatic heterocycles. The molecule has 0 atom stereocenters. The smallest absolute Gasteiger partial charge is 0.316 e. The molecule has 10 nitrogen and oxygen atoms in total. The van der Waals surface area contributed by atoms with Crippen LogP contribution < -0.4 is 5.32 Å². The fourth-order valence-electron chi connectivity index (χ4n) is 2.50. The number of hydrogen-bond donors (Lipinski definition) is 1. The first-order valence-electron chi connectivity index (χ1n) is 8.59. The number of carbonyl (C=O) groups excluding carboxylic acids is 2. The van der Waals surface area contributed by atoms with Gasteiger partial charge in [0.05, 0.1) is 18.8 Å². The molecule has 0 radical (unpaired) electrons. The van der Waals surface area contributed by atoms with Gasteiger partial charge >= 0.3 is 5.97 Å². The molecule has 154 valence electrons. The van der Waals surface area contributed by atoms with Crippen LogP contribution in [0.15, 0.2) is 9.50 Å². The van der Waals surface area contributed by atoms with Gasteiger partial charge in [-0.25, -0.2) is 9.50 Å². The van der Waals surface area contributed by atoms with Gasteiger partial charge in [-0.1, -0.05) is 34.9 Å². The third-order valence-electron chi connectivity index (χ3n) is 3.82. The summed E-state index contributed by atoms with van der Waals surface area (Å²) in [7, 11) is 0. The van der Waals surface area contributed by atoms with E-state index < -0.39 is 0 Å². The average Bonchev–Trinajstić information content (AvgIpc) is 3.30. The molecule has 0 aliphatic rings. The van der Waals surface area contributed by atoms with E-state index in [0.29, 0.717) is 27.0 Å².